The van der Waals surface area contributed by atoms with E-state index in [-0.39, 0.29) is 68.1 Å². The van der Waals surface area contributed by atoms with E-state index >= 15 is 0 Å². The first-order chi connectivity index (χ1) is 45.0. The molecule has 0 spiro atoms. The molecule has 0 N–H and O–H groups in total. The van der Waals surface area contributed by atoms with Crippen molar-refractivity contribution >= 4 is 57.5 Å². The van der Waals surface area contributed by atoms with E-state index in [1.54, 1.807) is 76.6 Å². The Morgan fingerprint density at radius 2 is 0.773 bits per heavy atom. The maximum Gasteiger partial charge on any atom is 1.00 e. The first-order valence-corrected chi connectivity index (χ1v) is 42.5. The molecule has 0 saturated carbocycles. The summed E-state index contributed by atoms with van der Waals surface area (Å²) in [5.41, 5.74) is 7.33. The second-order valence-electron chi connectivity index (χ2n) is 24.2. The molecule has 8 rings (SSSR count). The van der Waals surface area contributed by atoms with Gasteiger partial charge in [0, 0.05) is 34.2 Å². The molecule has 0 aliphatic carbocycles. The van der Waals surface area contributed by atoms with Gasteiger partial charge in [-0.2, -0.15) is 35.9 Å². The third kappa shape index (κ3) is 23.1. The van der Waals surface area contributed by atoms with Crippen LogP contribution < -0.4 is 56.7 Å². The summed E-state index contributed by atoms with van der Waals surface area (Å²) < 4.78 is 126. The molecular formula is C76H94BrLi2O13P3S2. The van der Waals surface area contributed by atoms with Gasteiger partial charge in [-0.15, -0.1) is 18.2 Å². The normalized spacial score (nSPS) is 11.9. The number of sulfone groups is 2. The van der Waals surface area contributed by atoms with Gasteiger partial charge in [-0.05, 0) is 174 Å². The van der Waals surface area contributed by atoms with Crippen molar-refractivity contribution in [3.8, 4) is 34.5 Å². The summed E-state index contributed by atoms with van der Waals surface area (Å²) >= 11 is 3.19. The van der Waals surface area contributed by atoms with E-state index < -0.39 is 41.6 Å². The molecule has 0 unspecified atom stereocenters. The van der Waals surface area contributed by atoms with Gasteiger partial charge in [0.1, 0.15) is 28.7 Å². The van der Waals surface area contributed by atoms with Gasteiger partial charge in [-0.3, -0.25) is 4.57 Å². The van der Waals surface area contributed by atoms with E-state index in [1.165, 1.54) is 17.7 Å². The van der Waals surface area contributed by atoms with E-state index in [0.29, 0.717) is 109 Å². The number of hydrogen-bond acceptors (Lipinski definition) is 13. The quantitative estimate of drug-likeness (QED) is 0.0180. The molecule has 8 aromatic rings. The third-order valence-corrected chi connectivity index (χ3v) is 30.6. The molecule has 21 heteroatoms. The average Bonchev–Trinajstić information content (AvgIpc) is 0.797. The first-order valence-electron chi connectivity index (χ1n) is 32.2. The van der Waals surface area contributed by atoms with E-state index in [9.17, 15) is 30.5 Å². The van der Waals surface area contributed by atoms with Crippen LogP contribution in [0.5, 0.6) is 34.5 Å². The van der Waals surface area contributed by atoms with E-state index in [1.807, 2.05) is 126 Å². The predicted octanol–water partition coefficient (Wildman–Crippen LogP) is 14.1. The Morgan fingerprint density at radius 1 is 0.423 bits per heavy atom. The second-order valence-corrected chi connectivity index (χ2v) is 38.6. The minimum Gasteiger partial charge on any atom is -0.517 e. The number of methoxy groups -OCH3 is 2. The van der Waals surface area contributed by atoms with Crippen LogP contribution in [0.3, 0.4) is 0 Å². The molecule has 8 aromatic carbocycles. The van der Waals surface area contributed by atoms with Crippen molar-refractivity contribution in [2.45, 2.75) is 126 Å². The van der Waals surface area contributed by atoms with Crippen LogP contribution in [0.25, 0.3) is 0 Å². The molecular weight excluding hydrogens is 1370 g/mol. The molecule has 0 saturated heterocycles. The van der Waals surface area contributed by atoms with Crippen molar-refractivity contribution in [2.75, 3.05) is 75.9 Å². The van der Waals surface area contributed by atoms with Crippen molar-refractivity contribution in [1.82, 2.24) is 0 Å². The van der Waals surface area contributed by atoms with Crippen LogP contribution in [0.1, 0.15) is 114 Å². The fraction of sp³-hybridized carbons (Fsp3) is 0.368. The zero-order chi connectivity index (χ0) is 69.8. The number of rotatable bonds is 30. The number of halogens is 1. The molecule has 512 valence electrons. The Kier molecular flexibility index (Phi) is 33.3. The van der Waals surface area contributed by atoms with Crippen LogP contribution in [0.4, 0.5) is 0 Å². The van der Waals surface area contributed by atoms with Crippen molar-refractivity contribution in [3.63, 3.8) is 0 Å². The maximum absolute atomic E-state index is 14.5. The average molecular weight is 1470 g/mol. The Labute approximate surface area is 611 Å². The van der Waals surface area contributed by atoms with Crippen LogP contribution in [0.15, 0.2) is 189 Å². The summed E-state index contributed by atoms with van der Waals surface area (Å²) in [5, 5.41) is 0.643. The van der Waals surface area contributed by atoms with Crippen LogP contribution >= 0.6 is 37.8 Å². The molecule has 0 aliphatic heterocycles. The molecule has 13 nitrogen and oxygen atoms in total. The van der Waals surface area contributed by atoms with Gasteiger partial charge in [0.15, 0.2) is 9.84 Å². The molecule has 0 fully saturated rings. The molecule has 0 amide bonds. The molecule has 0 aliphatic rings. The molecule has 0 bridgehead atoms. The number of alkyl halides is 1. The molecule has 0 aromatic heterocycles. The Bertz CT molecular complexity index is 4120. The SMILES string of the molecule is CCOP(=O)(CCBr)OCC.CCP(=O)(CC)CCc1cc(C)ccc1S(=O)(=O)c1ccc(Oc2ccc(C(C)(C)c3ccc(OC)cc3)cc2)cc1CCP(=O)(CC)CC.COc1ccc(C(C)(C)c2ccc(Oc3c[c-]c(S(=O)(=O)c4[c-]cc(C)cc4)cc3)cc2)cc1.[Li+].[Li+]. The van der Waals surface area contributed by atoms with Gasteiger partial charge in [0.05, 0.1) is 57.7 Å². The van der Waals surface area contributed by atoms with Crippen molar-refractivity contribution in [3.05, 3.63) is 226 Å². The fourth-order valence-corrected chi connectivity index (χ4v) is 19.6. The van der Waals surface area contributed by atoms with Gasteiger partial charge < -0.3 is 37.1 Å². The number of hydrogen-bond donors (Lipinski definition) is 0. The van der Waals surface area contributed by atoms with Crippen LogP contribution in [-0.4, -0.2) is 92.7 Å². The molecule has 0 radical (unpaired) electrons. The number of aryl methyl sites for hydroxylation is 4. The van der Waals surface area contributed by atoms with E-state index in [2.05, 4.69) is 80.0 Å². The molecule has 0 atom stereocenters. The predicted molar refractivity (Wildman–Crippen MR) is 391 cm³/mol. The standard InChI is InChI=1S/C41H54O6P2S.C29H26O4S.C6H14BrO3P.2Li/c1-9-48(42,10-2)27-25-32-29-31(5)13-23-39(32)50(44,45)40-24-22-38(30-33(40)26-28-49(43,11-3)12-4)47-37-20-16-35(17-21-37)41(6,7)34-14-18-36(46-8)19-15-34;1-21-5-17-27(18-6-21)34(30,31)28-19-15-26(16-20-28)33-25-13-9-23(10-14-25)29(2,3)22-7-11-24(32-4)12-8-22;1-3-9-11(8,6-5-7)10-4-2;;/h13-24,29-30H,9-12,25-28H2,1-8H3;5-17,19H,1-4H3;3-6H2,1-2H3;;/q;-2;;2*+1. The maximum atomic E-state index is 14.5. The largest absolute Gasteiger partial charge is 1.00 e. The number of benzene rings is 8. The monoisotopic (exact) mass is 1460 g/mol. The van der Waals surface area contributed by atoms with Crippen LogP contribution in [-0.2, 0) is 66.1 Å². The Morgan fingerprint density at radius 3 is 1.13 bits per heavy atom. The minimum atomic E-state index is -3.96. The molecule has 97 heavy (non-hydrogen) atoms. The summed E-state index contributed by atoms with van der Waals surface area (Å²) in [6.07, 6.45) is 4.43. The minimum absolute atomic E-state index is 0. The van der Waals surface area contributed by atoms with E-state index in [0.717, 1.165) is 39.3 Å². The third-order valence-electron chi connectivity index (χ3n) is 17.2. The van der Waals surface area contributed by atoms with Crippen molar-refractivity contribution in [2.24, 2.45) is 0 Å². The zero-order valence-electron chi connectivity index (χ0n) is 59.5. The topological polar surface area (TPSA) is 175 Å². The van der Waals surface area contributed by atoms with E-state index in [4.69, 9.17) is 28.0 Å². The fourth-order valence-electron chi connectivity index (χ4n) is 10.7. The Balaban J connectivity index is 0.000000366. The van der Waals surface area contributed by atoms with Crippen LogP contribution in [0.2, 0.25) is 0 Å². The van der Waals surface area contributed by atoms with Crippen molar-refractivity contribution in [1.29, 1.82) is 0 Å². The van der Waals surface area contributed by atoms with Gasteiger partial charge in [0.25, 0.3) is 0 Å². The summed E-state index contributed by atoms with van der Waals surface area (Å²) in [6, 6.07) is 57.8. The Hall–Kier alpha value is -4.86. The van der Waals surface area contributed by atoms with Gasteiger partial charge in [0.2, 0.25) is 9.84 Å². The van der Waals surface area contributed by atoms with Gasteiger partial charge in [-0.25, -0.2) is 16.8 Å². The van der Waals surface area contributed by atoms with Gasteiger partial charge >= 0.3 is 45.3 Å². The van der Waals surface area contributed by atoms with Gasteiger partial charge in [-0.1, -0.05) is 144 Å². The zero-order valence-corrected chi connectivity index (χ0v) is 65.4. The van der Waals surface area contributed by atoms with Crippen molar-refractivity contribution < 1.29 is 96.2 Å². The van der Waals surface area contributed by atoms with Crippen LogP contribution in [0, 0.1) is 26.0 Å². The first kappa shape index (κ1) is 84.6. The second kappa shape index (κ2) is 38.3. The summed E-state index contributed by atoms with van der Waals surface area (Å²) in [5.74, 6) is 3.95. The summed E-state index contributed by atoms with van der Waals surface area (Å²) in [7, 11) is -11.9. The number of ether oxygens (including phenoxy) is 4. The summed E-state index contributed by atoms with van der Waals surface area (Å²) in [6.45, 7) is 24.8. The smallest absolute Gasteiger partial charge is 0.517 e. The summed E-state index contributed by atoms with van der Waals surface area (Å²) in [4.78, 5) is 0.634. The molecule has 0 heterocycles.